The second-order valence-corrected chi connectivity index (χ2v) is 7.57. The highest BCUT2D eigenvalue weighted by molar-refractivity contribution is 6.15. The van der Waals surface area contributed by atoms with E-state index in [2.05, 4.69) is 18.0 Å². The van der Waals surface area contributed by atoms with Crippen LogP contribution >= 0.6 is 0 Å². The summed E-state index contributed by atoms with van der Waals surface area (Å²) < 4.78 is 16.0. The number of likely N-dealkylation sites (N-methyl/N-ethyl adjacent to an activating group) is 1. The van der Waals surface area contributed by atoms with Crippen LogP contribution in [0.3, 0.4) is 0 Å². The van der Waals surface area contributed by atoms with Gasteiger partial charge < -0.3 is 19.1 Å². The van der Waals surface area contributed by atoms with Gasteiger partial charge in [-0.1, -0.05) is 12.1 Å². The van der Waals surface area contributed by atoms with Crippen molar-refractivity contribution < 1.29 is 19.0 Å². The Kier molecular flexibility index (Phi) is 5.28. The minimum atomic E-state index is -0.354. The normalized spacial score (nSPS) is 20.9. The fraction of sp³-hybridized carbons (Fsp3) is 0.391. The number of carbonyl (C=O) groups excluding carboxylic acids is 1. The zero-order valence-corrected chi connectivity index (χ0v) is 17.3. The van der Waals surface area contributed by atoms with E-state index in [1.54, 1.807) is 20.3 Å². The Morgan fingerprint density at radius 3 is 2.59 bits per heavy atom. The van der Waals surface area contributed by atoms with Crippen LogP contribution < -0.4 is 9.47 Å². The highest BCUT2D eigenvalue weighted by atomic mass is 16.5. The fourth-order valence-electron chi connectivity index (χ4n) is 4.35. The molecular formula is C23H26N2O4. The lowest BCUT2D eigenvalue weighted by atomic mass is 9.79. The van der Waals surface area contributed by atoms with Gasteiger partial charge in [-0.2, -0.15) is 0 Å². The Morgan fingerprint density at radius 1 is 1.10 bits per heavy atom. The van der Waals surface area contributed by atoms with Crippen molar-refractivity contribution in [1.82, 2.24) is 4.90 Å². The zero-order valence-electron chi connectivity index (χ0n) is 17.3. The van der Waals surface area contributed by atoms with Gasteiger partial charge in [0.2, 0.25) is 0 Å². The predicted molar refractivity (Wildman–Crippen MR) is 112 cm³/mol. The highest BCUT2D eigenvalue weighted by Crippen LogP contribution is 2.42. The van der Waals surface area contributed by atoms with Gasteiger partial charge in [0.05, 0.1) is 38.6 Å². The SMILES string of the molecule is COC(=O)c1cccc(C2=N[C@H]3CCN(C)C[C@H]3c3cc(OC)c(OC)cc32)c1. The van der Waals surface area contributed by atoms with Gasteiger partial charge in [-0.3, -0.25) is 4.99 Å². The summed E-state index contributed by atoms with van der Waals surface area (Å²) in [4.78, 5) is 19.5. The summed E-state index contributed by atoms with van der Waals surface area (Å²) in [5.74, 6) is 1.34. The number of nitrogens with zero attached hydrogens (tertiary/aromatic N) is 2. The maximum atomic E-state index is 12.0. The van der Waals surface area contributed by atoms with Crippen molar-refractivity contribution in [3.8, 4) is 11.5 Å². The molecule has 0 N–H and O–H groups in total. The quantitative estimate of drug-likeness (QED) is 0.746. The second kappa shape index (κ2) is 7.87. The van der Waals surface area contributed by atoms with Gasteiger partial charge in [0.25, 0.3) is 0 Å². The summed E-state index contributed by atoms with van der Waals surface area (Å²) in [6.45, 7) is 1.97. The smallest absolute Gasteiger partial charge is 0.337 e. The average Bonchev–Trinajstić information content (AvgIpc) is 2.77. The molecule has 1 fully saturated rings. The Labute approximate surface area is 171 Å². The van der Waals surface area contributed by atoms with Gasteiger partial charge >= 0.3 is 5.97 Å². The molecule has 1 saturated heterocycles. The van der Waals surface area contributed by atoms with Gasteiger partial charge in [0, 0.05) is 23.6 Å². The second-order valence-electron chi connectivity index (χ2n) is 7.57. The van der Waals surface area contributed by atoms with Crippen LogP contribution in [0.4, 0.5) is 0 Å². The summed E-state index contributed by atoms with van der Waals surface area (Å²) in [5, 5.41) is 0. The summed E-state index contributed by atoms with van der Waals surface area (Å²) in [6.07, 6.45) is 0.995. The molecule has 2 aromatic carbocycles. The first-order chi connectivity index (χ1) is 14.0. The van der Waals surface area contributed by atoms with E-state index in [0.29, 0.717) is 17.2 Å². The van der Waals surface area contributed by atoms with Crippen molar-refractivity contribution in [2.24, 2.45) is 4.99 Å². The van der Waals surface area contributed by atoms with Crippen LogP contribution in [-0.4, -0.2) is 64.1 Å². The molecule has 2 aliphatic rings. The summed E-state index contributed by atoms with van der Waals surface area (Å²) >= 11 is 0. The van der Waals surface area contributed by atoms with Gasteiger partial charge in [-0.05, 0) is 49.8 Å². The van der Waals surface area contributed by atoms with E-state index in [4.69, 9.17) is 19.2 Å². The van der Waals surface area contributed by atoms with Gasteiger partial charge in [0.1, 0.15) is 0 Å². The minimum Gasteiger partial charge on any atom is -0.493 e. The average molecular weight is 394 g/mol. The Balaban J connectivity index is 1.88. The minimum absolute atomic E-state index is 0.202. The molecule has 6 heteroatoms. The molecule has 0 amide bonds. The third kappa shape index (κ3) is 3.49. The van der Waals surface area contributed by atoms with Crippen LogP contribution in [-0.2, 0) is 4.74 Å². The monoisotopic (exact) mass is 394 g/mol. The molecule has 4 rings (SSSR count). The van der Waals surface area contributed by atoms with E-state index in [-0.39, 0.29) is 12.0 Å². The summed E-state index contributed by atoms with van der Waals surface area (Å²) in [6, 6.07) is 11.7. The molecule has 0 radical (unpaired) electrons. The first-order valence-corrected chi connectivity index (χ1v) is 9.77. The molecule has 2 aliphatic heterocycles. The van der Waals surface area contributed by atoms with E-state index in [1.807, 2.05) is 24.3 Å². The number of piperidine rings is 1. The third-order valence-electron chi connectivity index (χ3n) is 5.84. The third-order valence-corrected chi connectivity index (χ3v) is 5.84. The van der Waals surface area contributed by atoms with Crippen LogP contribution in [0.5, 0.6) is 11.5 Å². The van der Waals surface area contributed by atoms with Crippen LogP contribution in [0.2, 0.25) is 0 Å². The van der Waals surface area contributed by atoms with E-state index in [0.717, 1.165) is 42.1 Å². The molecule has 0 aliphatic carbocycles. The largest absolute Gasteiger partial charge is 0.493 e. The number of likely N-dealkylation sites (tertiary alicyclic amines) is 1. The van der Waals surface area contributed by atoms with E-state index >= 15 is 0 Å². The molecule has 6 nitrogen and oxygen atoms in total. The van der Waals surface area contributed by atoms with Crippen LogP contribution in [0, 0.1) is 0 Å². The van der Waals surface area contributed by atoms with Gasteiger partial charge in [-0.25, -0.2) is 4.79 Å². The molecule has 29 heavy (non-hydrogen) atoms. The van der Waals surface area contributed by atoms with Gasteiger partial charge in [0.15, 0.2) is 11.5 Å². The molecule has 0 unspecified atom stereocenters. The van der Waals surface area contributed by atoms with Crippen LogP contribution in [0.25, 0.3) is 0 Å². The molecule has 152 valence electrons. The predicted octanol–water partition coefficient (Wildman–Crippen LogP) is 3.13. The molecule has 0 spiro atoms. The Bertz CT molecular complexity index is 969. The van der Waals surface area contributed by atoms with E-state index < -0.39 is 0 Å². The standard InChI is InChI=1S/C23H26N2O4/c1-25-9-8-19-18(13-25)16-11-20(27-2)21(28-3)12-17(16)22(24-19)14-6-5-7-15(10-14)23(26)29-4/h5-7,10-12,18-19H,8-9,13H2,1-4H3/t18-,19-/m0/s1. The molecule has 2 heterocycles. The number of hydrogen-bond acceptors (Lipinski definition) is 6. The molecule has 0 aromatic heterocycles. The number of fused-ring (bicyclic) bond motifs is 3. The lowest BCUT2D eigenvalue weighted by Crippen LogP contribution is -2.41. The topological polar surface area (TPSA) is 60.4 Å². The number of esters is 1. The Hall–Kier alpha value is -2.86. The zero-order chi connectivity index (χ0) is 20.5. The number of hydrogen-bond donors (Lipinski definition) is 0. The number of carbonyl (C=O) groups is 1. The van der Waals surface area contributed by atoms with E-state index in [1.165, 1.54) is 12.7 Å². The lowest BCUT2D eigenvalue weighted by Gasteiger charge is -2.39. The van der Waals surface area contributed by atoms with Crippen LogP contribution in [0.1, 0.15) is 39.4 Å². The van der Waals surface area contributed by atoms with Crippen molar-refractivity contribution in [3.05, 3.63) is 58.7 Å². The first-order valence-electron chi connectivity index (χ1n) is 9.77. The molecular weight excluding hydrogens is 368 g/mol. The number of ether oxygens (including phenoxy) is 3. The summed E-state index contributed by atoms with van der Waals surface area (Å²) in [5.41, 5.74) is 4.55. The Morgan fingerprint density at radius 2 is 1.86 bits per heavy atom. The number of methoxy groups -OCH3 is 3. The highest BCUT2D eigenvalue weighted by Gasteiger charge is 2.36. The molecule has 2 aromatic rings. The fourth-order valence-corrected chi connectivity index (χ4v) is 4.35. The number of aliphatic imine (C=N–C) groups is 1. The maximum absolute atomic E-state index is 12.0. The molecule has 0 bridgehead atoms. The first kappa shape index (κ1) is 19.5. The van der Waals surface area contributed by atoms with Crippen LogP contribution in [0.15, 0.2) is 41.4 Å². The lowest BCUT2D eigenvalue weighted by molar-refractivity contribution is 0.0600. The summed E-state index contributed by atoms with van der Waals surface area (Å²) in [7, 11) is 6.84. The molecule has 2 atom stereocenters. The number of benzene rings is 2. The van der Waals surface area contributed by atoms with Crippen molar-refractivity contribution in [2.75, 3.05) is 41.5 Å². The van der Waals surface area contributed by atoms with Crippen molar-refractivity contribution in [3.63, 3.8) is 0 Å². The van der Waals surface area contributed by atoms with Crippen molar-refractivity contribution in [2.45, 2.75) is 18.4 Å². The van der Waals surface area contributed by atoms with E-state index in [9.17, 15) is 4.79 Å². The molecule has 0 saturated carbocycles. The van der Waals surface area contributed by atoms with Crippen molar-refractivity contribution >= 4 is 11.7 Å². The van der Waals surface area contributed by atoms with Crippen molar-refractivity contribution in [1.29, 1.82) is 0 Å². The van der Waals surface area contributed by atoms with Gasteiger partial charge in [-0.15, -0.1) is 0 Å². The maximum Gasteiger partial charge on any atom is 0.337 e. The number of rotatable bonds is 4.